The average molecular weight is 215 g/mol. The van der Waals surface area contributed by atoms with Crippen molar-refractivity contribution in [1.29, 1.82) is 0 Å². The lowest BCUT2D eigenvalue weighted by Gasteiger charge is -2.23. The topological polar surface area (TPSA) is 29.1 Å². The van der Waals surface area contributed by atoms with Crippen molar-refractivity contribution >= 4 is 5.91 Å². The molecular weight excluding hydrogens is 198 g/mol. The van der Waals surface area contributed by atoms with E-state index in [-0.39, 0.29) is 11.8 Å². The number of aryl methyl sites for hydroxylation is 1. The highest BCUT2D eigenvalue weighted by atomic mass is 16.1. The first-order chi connectivity index (χ1) is 7.81. The molecule has 1 aliphatic carbocycles. The Hall–Kier alpha value is -1.57. The summed E-state index contributed by atoms with van der Waals surface area (Å²) in [6.07, 6.45) is 4.57. The molecule has 1 aromatic carbocycles. The Morgan fingerprint density at radius 3 is 2.94 bits per heavy atom. The van der Waals surface area contributed by atoms with Crippen LogP contribution in [0, 0.1) is 5.92 Å². The number of nitrogens with one attached hydrogen (secondary N) is 1. The maximum absolute atomic E-state index is 11.8. The van der Waals surface area contributed by atoms with E-state index in [1.165, 1.54) is 11.1 Å². The van der Waals surface area contributed by atoms with Crippen LogP contribution >= 0.6 is 0 Å². The van der Waals surface area contributed by atoms with Crippen LogP contribution < -0.4 is 5.32 Å². The summed E-state index contributed by atoms with van der Waals surface area (Å²) in [6.45, 7) is 4.17. The maximum atomic E-state index is 11.8. The Kier molecular flexibility index (Phi) is 3.40. The highest BCUT2D eigenvalue weighted by molar-refractivity contribution is 5.79. The number of fused-ring (bicyclic) bond motifs is 1. The maximum Gasteiger partial charge on any atom is 0.223 e. The van der Waals surface area contributed by atoms with Gasteiger partial charge in [-0.1, -0.05) is 30.3 Å². The molecule has 0 aromatic heterocycles. The first kappa shape index (κ1) is 10.9. The largest absolute Gasteiger partial charge is 0.352 e. The predicted octanol–water partition coefficient (Wildman–Crippen LogP) is 2.09. The number of carbonyl (C=O) groups excluding carboxylic acids is 1. The molecule has 0 saturated heterocycles. The minimum atomic E-state index is 0.134. The second-order valence-electron chi connectivity index (χ2n) is 4.24. The fourth-order valence-electron chi connectivity index (χ4n) is 2.24. The second-order valence-corrected chi connectivity index (χ2v) is 4.24. The van der Waals surface area contributed by atoms with Gasteiger partial charge in [-0.05, 0) is 30.4 Å². The van der Waals surface area contributed by atoms with E-state index in [1.54, 1.807) is 6.08 Å². The van der Waals surface area contributed by atoms with E-state index in [0.29, 0.717) is 6.54 Å². The van der Waals surface area contributed by atoms with Crippen LogP contribution in [0.4, 0.5) is 0 Å². The lowest BCUT2D eigenvalue weighted by atomic mass is 9.83. The van der Waals surface area contributed by atoms with Crippen molar-refractivity contribution in [2.75, 3.05) is 6.54 Å². The van der Waals surface area contributed by atoms with Crippen LogP contribution in [0.2, 0.25) is 0 Å². The Labute approximate surface area is 96.4 Å². The van der Waals surface area contributed by atoms with Crippen molar-refractivity contribution in [3.63, 3.8) is 0 Å². The molecule has 2 rings (SSSR count). The Morgan fingerprint density at radius 2 is 2.19 bits per heavy atom. The van der Waals surface area contributed by atoms with Gasteiger partial charge in [-0.3, -0.25) is 4.79 Å². The van der Waals surface area contributed by atoms with Gasteiger partial charge in [-0.25, -0.2) is 0 Å². The summed E-state index contributed by atoms with van der Waals surface area (Å²) < 4.78 is 0. The zero-order valence-corrected chi connectivity index (χ0v) is 9.41. The summed E-state index contributed by atoms with van der Waals surface area (Å²) in [5.41, 5.74) is 2.72. The fourth-order valence-corrected chi connectivity index (χ4v) is 2.24. The van der Waals surface area contributed by atoms with E-state index in [2.05, 4.69) is 30.1 Å². The first-order valence-corrected chi connectivity index (χ1v) is 5.76. The highest BCUT2D eigenvalue weighted by Gasteiger charge is 2.23. The summed E-state index contributed by atoms with van der Waals surface area (Å²) in [5, 5.41) is 2.88. The monoisotopic (exact) mass is 215 g/mol. The molecule has 1 atom stereocenters. The quantitative estimate of drug-likeness (QED) is 0.769. The molecule has 1 aromatic rings. The number of rotatable bonds is 3. The van der Waals surface area contributed by atoms with Crippen molar-refractivity contribution < 1.29 is 4.79 Å². The van der Waals surface area contributed by atoms with Gasteiger partial charge in [-0.2, -0.15) is 0 Å². The third kappa shape index (κ3) is 2.32. The van der Waals surface area contributed by atoms with E-state index < -0.39 is 0 Å². The van der Waals surface area contributed by atoms with E-state index in [4.69, 9.17) is 0 Å². The number of carbonyl (C=O) groups is 1. The number of amides is 1. The SMILES string of the molecule is C=CCNC(=O)C1CCc2ccccc2C1. The molecule has 1 amide bonds. The summed E-state index contributed by atoms with van der Waals surface area (Å²) >= 11 is 0. The van der Waals surface area contributed by atoms with Gasteiger partial charge in [-0.15, -0.1) is 6.58 Å². The normalized spacial score (nSPS) is 18.6. The molecule has 0 heterocycles. The van der Waals surface area contributed by atoms with Gasteiger partial charge in [0.1, 0.15) is 0 Å². The fraction of sp³-hybridized carbons (Fsp3) is 0.357. The molecule has 0 spiro atoms. The van der Waals surface area contributed by atoms with Gasteiger partial charge in [0.2, 0.25) is 5.91 Å². The van der Waals surface area contributed by atoms with E-state index >= 15 is 0 Å². The van der Waals surface area contributed by atoms with E-state index in [1.807, 2.05) is 6.07 Å². The van der Waals surface area contributed by atoms with Gasteiger partial charge in [0.25, 0.3) is 0 Å². The number of benzene rings is 1. The van der Waals surface area contributed by atoms with Crippen molar-refractivity contribution in [3.8, 4) is 0 Å². The molecule has 0 bridgehead atoms. The van der Waals surface area contributed by atoms with Crippen molar-refractivity contribution in [3.05, 3.63) is 48.0 Å². The lowest BCUT2D eigenvalue weighted by molar-refractivity contribution is -0.125. The van der Waals surface area contributed by atoms with Crippen LogP contribution in [-0.2, 0) is 17.6 Å². The summed E-state index contributed by atoms with van der Waals surface area (Å²) in [6, 6.07) is 8.40. The molecule has 0 saturated carbocycles. The molecule has 16 heavy (non-hydrogen) atoms. The highest BCUT2D eigenvalue weighted by Crippen LogP contribution is 2.25. The third-order valence-corrected chi connectivity index (χ3v) is 3.14. The van der Waals surface area contributed by atoms with Crippen LogP contribution in [0.5, 0.6) is 0 Å². The number of hydrogen-bond acceptors (Lipinski definition) is 1. The van der Waals surface area contributed by atoms with Gasteiger partial charge >= 0.3 is 0 Å². The van der Waals surface area contributed by atoms with Crippen molar-refractivity contribution in [2.45, 2.75) is 19.3 Å². The lowest BCUT2D eigenvalue weighted by Crippen LogP contribution is -2.34. The molecule has 0 aliphatic heterocycles. The molecule has 1 aliphatic rings. The van der Waals surface area contributed by atoms with Crippen LogP contribution in [0.1, 0.15) is 17.5 Å². The van der Waals surface area contributed by atoms with Crippen molar-refractivity contribution in [2.24, 2.45) is 5.92 Å². The minimum absolute atomic E-state index is 0.134. The molecule has 0 fully saturated rings. The Balaban J connectivity index is 2.02. The smallest absolute Gasteiger partial charge is 0.223 e. The van der Waals surface area contributed by atoms with Crippen LogP contribution in [0.3, 0.4) is 0 Å². The molecular formula is C14H17NO. The van der Waals surface area contributed by atoms with Gasteiger partial charge < -0.3 is 5.32 Å². The van der Waals surface area contributed by atoms with E-state index in [0.717, 1.165) is 19.3 Å². The summed E-state index contributed by atoms with van der Waals surface area (Å²) in [7, 11) is 0. The van der Waals surface area contributed by atoms with Crippen LogP contribution in [0.15, 0.2) is 36.9 Å². The summed E-state index contributed by atoms with van der Waals surface area (Å²) in [4.78, 5) is 11.8. The molecule has 2 nitrogen and oxygen atoms in total. The Bertz CT molecular complexity index is 397. The van der Waals surface area contributed by atoms with Crippen LogP contribution in [0.25, 0.3) is 0 Å². The molecule has 84 valence electrons. The minimum Gasteiger partial charge on any atom is -0.352 e. The Morgan fingerprint density at radius 1 is 1.44 bits per heavy atom. The van der Waals surface area contributed by atoms with Gasteiger partial charge in [0.15, 0.2) is 0 Å². The van der Waals surface area contributed by atoms with Crippen molar-refractivity contribution in [1.82, 2.24) is 5.32 Å². The number of hydrogen-bond donors (Lipinski definition) is 1. The van der Waals surface area contributed by atoms with Crippen LogP contribution in [-0.4, -0.2) is 12.5 Å². The molecule has 1 unspecified atom stereocenters. The molecule has 1 N–H and O–H groups in total. The van der Waals surface area contributed by atoms with E-state index in [9.17, 15) is 4.79 Å². The third-order valence-electron chi connectivity index (χ3n) is 3.14. The van der Waals surface area contributed by atoms with Gasteiger partial charge in [0.05, 0.1) is 0 Å². The molecule has 0 radical (unpaired) electrons. The second kappa shape index (κ2) is 4.97. The first-order valence-electron chi connectivity index (χ1n) is 5.76. The predicted molar refractivity (Wildman–Crippen MR) is 65.2 cm³/mol. The summed E-state index contributed by atoms with van der Waals surface area (Å²) in [5.74, 6) is 0.296. The zero-order chi connectivity index (χ0) is 11.4. The molecule has 2 heteroatoms. The van der Waals surface area contributed by atoms with Gasteiger partial charge in [0, 0.05) is 12.5 Å². The standard InChI is InChI=1S/C14H17NO/c1-2-9-15-14(16)13-8-7-11-5-3-4-6-12(11)10-13/h2-6,13H,1,7-10H2,(H,15,16). The zero-order valence-electron chi connectivity index (χ0n) is 9.41. The average Bonchev–Trinajstić information content (AvgIpc) is 2.35.